The second kappa shape index (κ2) is 12.3. The molecule has 6 nitrogen and oxygen atoms in total. The maximum absolute atomic E-state index is 5.16. The van der Waals surface area contributed by atoms with Gasteiger partial charge in [-0.05, 0) is 36.8 Å². The number of guanidine groups is 1. The molecule has 1 heterocycles. The molecular formula is C23H38IN5O. The first-order valence-electron chi connectivity index (χ1n) is 10.3. The summed E-state index contributed by atoms with van der Waals surface area (Å²) in [7, 11) is 3.51. The summed E-state index contributed by atoms with van der Waals surface area (Å²) in [4.78, 5) is 4.34. The summed E-state index contributed by atoms with van der Waals surface area (Å²) in [6.07, 6.45) is 0.956. The topological polar surface area (TPSA) is 63.5 Å². The van der Waals surface area contributed by atoms with Gasteiger partial charge in [-0.1, -0.05) is 45.0 Å². The van der Waals surface area contributed by atoms with Crippen molar-refractivity contribution in [3.05, 3.63) is 52.3 Å². The number of benzene rings is 1. The Morgan fingerprint density at radius 2 is 1.80 bits per heavy atom. The molecule has 0 unspecified atom stereocenters. The summed E-state index contributed by atoms with van der Waals surface area (Å²) in [5.74, 6) is 0.805. The zero-order chi connectivity index (χ0) is 21.4. The van der Waals surface area contributed by atoms with Gasteiger partial charge in [0, 0.05) is 38.5 Å². The van der Waals surface area contributed by atoms with Crippen molar-refractivity contribution >= 4 is 29.9 Å². The van der Waals surface area contributed by atoms with Gasteiger partial charge in [-0.2, -0.15) is 5.10 Å². The summed E-state index contributed by atoms with van der Waals surface area (Å²) in [5, 5.41) is 11.4. The summed E-state index contributed by atoms with van der Waals surface area (Å²) < 4.78 is 7.17. The molecule has 0 atom stereocenters. The quantitative estimate of drug-likeness (QED) is 0.310. The Bertz CT molecular complexity index is 806. The van der Waals surface area contributed by atoms with E-state index in [0.717, 1.165) is 31.2 Å². The van der Waals surface area contributed by atoms with Gasteiger partial charge in [-0.15, -0.1) is 24.0 Å². The first kappa shape index (κ1) is 26.4. The highest BCUT2D eigenvalue weighted by Gasteiger charge is 2.13. The van der Waals surface area contributed by atoms with E-state index in [2.05, 4.69) is 72.7 Å². The van der Waals surface area contributed by atoms with Crippen LogP contribution in [0.15, 0.2) is 29.3 Å². The molecule has 0 aliphatic carbocycles. The molecule has 1 aromatic carbocycles. The molecule has 1 aromatic heterocycles. The number of halogens is 1. The number of aliphatic imine (C=N–C) groups is 1. The van der Waals surface area contributed by atoms with E-state index in [1.165, 1.54) is 22.4 Å². The van der Waals surface area contributed by atoms with Crippen LogP contribution in [-0.4, -0.2) is 43.0 Å². The fraction of sp³-hybridized carbons (Fsp3) is 0.565. The number of ether oxygens (including phenoxy) is 1. The second-order valence-corrected chi connectivity index (χ2v) is 8.41. The van der Waals surface area contributed by atoms with Crippen LogP contribution < -0.4 is 10.6 Å². The van der Waals surface area contributed by atoms with Gasteiger partial charge in [-0.3, -0.25) is 9.67 Å². The number of nitrogens with zero attached hydrogens (tertiary/aromatic N) is 3. The molecule has 2 rings (SSSR count). The summed E-state index contributed by atoms with van der Waals surface area (Å²) in [5.41, 5.74) is 6.30. The minimum Gasteiger partial charge on any atom is -0.383 e. The van der Waals surface area contributed by atoms with Gasteiger partial charge in [0.25, 0.3) is 0 Å². The third kappa shape index (κ3) is 7.58. The number of hydrogen-bond donors (Lipinski definition) is 2. The van der Waals surface area contributed by atoms with Crippen molar-refractivity contribution in [1.29, 1.82) is 0 Å². The van der Waals surface area contributed by atoms with Gasteiger partial charge in [-0.25, -0.2) is 0 Å². The Kier molecular flexibility index (Phi) is 10.8. The van der Waals surface area contributed by atoms with E-state index < -0.39 is 0 Å². The van der Waals surface area contributed by atoms with Crippen LogP contribution in [0.5, 0.6) is 0 Å². The summed E-state index contributed by atoms with van der Waals surface area (Å²) in [6.45, 7) is 13.8. The Morgan fingerprint density at radius 3 is 2.37 bits per heavy atom. The summed E-state index contributed by atoms with van der Waals surface area (Å²) in [6, 6.07) is 8.91. The zero-order valence-corrected chi connectivity index (χ0v) is 21.8. The molecule has 0 spiro atoms. The minimum absolute atomic E-state index is 0. The average molecular weight is 527 g/mol. The normalized spacial score (nSPS) is 11.9. The lowest BCUT2D eigenvalue weighted by atomic mass is 9.86. The summed E-state index contributed by atoms with van der Waals surface area (Å²) >= 11 is 0. The third-order valence-corrected chi connectivity index (χ3v) is 5.22. The van der Waals surface area contributed by atoms with Crippen molar-refractivity contribution in [2.45, 2.75) is 59.5 Å². The number of aromatic nitrogens is 2. The highest BCUT2D eigenvalue weighted by atomic mass is 127. The molecule has 30 heavy (non-hydrogen) atoms. The third-order valence-electron chi connectivity index (χ3n) is 5.22. The Morgan fingerprint density at radius 1 is 1.13 bits per heavy atom. The van der Waals surface area contributed by atoms with Gasteiger partial charge in [0.2, 0.25) is 0 Å². The Hall–Kier alpha value is -1.61. The Balaban J connectivity index is 0.00000450. The molecule has 0 saturated carbocycles. The lowest BCUT2D eigenvalue weighted by molar-refractivity contribution is 0.182. The van der Waals surface area contributed by atoms with Crippen LogP contribution in [0.2, 0.25) is 0 Å². The van der Waals surface area contributed by atoms with E-state index >= 15 is 0 Å². The fourth-order valence-corrected chi connectivity index (χ4v) is 3.27. The predicted molar refractivity (Wildman–Crippen MR) is 136 cm³/mol. The molecule has 7 heteroatoms. The van der Waals surface area contributed by atoms with Crippen LogP contribution in [0.25, 0.3) is 0 Å². The monoisotopic (exact) mass is 527 g/mol. The van der Waals surface area contributed by atoms with Crippen LogP contribution in [0.3, 0.4) is 0 Å². The highest BCUT2D eigenvalue weighted by molar-refractivity contribution is 14.0. The van der Waals surface area contributed by atoms with E-state index in [1.807, 2.05) is 11.6 Å². The Labute approximate surface area is 198 Å². The number of rotatable bonds is 8. The molecule has 0 bridgehead atoms. The van der Waals surface area contributed by atoms with Crippen LogP contribution in [0.4, 0.5) is 0 Å². The van der Waals surface area contributed by atoms with Crippen molar-refractivity contribution in [1.82, 2.24) is 20.4 Å². The van der Waals surface area contributed by atoms with Crippen molar-refractivity contribution < 1.29 is 4.74 Å². The van der Waals surface area contributed by atoms with Crippen LogP contribution in [0.1, 0.15) is 48.8 Å². The second-order valence-electron chi connectivity index (χ2n) is 8.41. The fourth-order valence-electron chi connectivity index (χ4n) is 3.27. The van der Waals surface area contributed by atoms with E-state index in [1.54, 1.807) is 14.2 Å². The maximum Gasteiger partial charge on any atom is 0.191 e. The standard InChI is InChI=1S/C23H37N5O.HI/c1-17-21(18(2)28(27-17)14-15-29-7)16-26-22(24-6)25-13-12-19-8-10-20(11-9-19)23(3,4)5;/h8-11H,12-16H2,1-7H3,(H2,24,25,26);1H. The van der Waals surface area contributed by atoms with E-state index in [4.69, 9.17) is 4.74 Å². The number of hydrogen-bond acceptors (Lipinski definition) is 3. The zero-order valence-electron chi connectivity index (χ0n) is 19.5. The molecule has 0 fully saturated rings. The van der Waals surface area contributed by atoms with Gasteiger partial charge in [0.1, 0.15) is 0 Å². The highest BCUT2D eigenvalue weighted by Crippen LogP contribution is 2.22. The molecule has 0 aliphatic heterocycles. The van der Waals surface area contributed by atoms with Gasteiger partial charge < -0.3 is 15.4 Å². The molecule has 2 aromatic rings. The molecule has 0 aliphatic rings. The molecular weight excluding hydrogens is 489 g/mol. The molecule has 0 radical (unpaired) electrons. The average Bonchev–Trinajstić information content (AvgIpc) is 2.95. The van der Waals surface area contributed by atoms with Crippen molar-refractivity contribution in [3.8, 4) is 0 Å². The van der Waals surface area contributed by atoms with Crippen molar-refractivity contribution in [2.75, 3.05) is 27.3 Å². The number of aryl methyl sites for hydroxylation is 1. The first-order chi connectivity index (χ1) is 13.8. The van der Waals surface area contributed by atoms with Crippen LogP contribution in [0, 0.1) is 13.8 Å². The van der Waals surface area contributed by atoms with Crippen molar-refractivity contribution in [2.24, 2.45) is 4.99 Å². The lowest BCUT2D eigenvalue weighted by Gasteiger charge is -2.19. The lowest BCUT2D eigenvalue weighted by Crippen LogP contribution is -2.38. The van der Waals surface area contributed by atoms with Crippen LogP contribution in [-0.2, 0) is 29.7 Å². The molecule has 0 saturated heterocycles. The maximum atomic E-state index is 5.16. The van der Waals surface area contributed by atoms with E-state index in [-0.39, 0.29) is 29.4 Å². The molecule has 2 N–H and O–H groups in total. The van der Waals surface area contributed by atoms with Crippen LogP contribution >= 0.6 is 24.0 Å². The number of nitrogens with one attached hydrogen (secondary N) is 2. The smallest absolute Gasteiger partial charge is 0.191 e. The van der Waals surface area contributed by atoms with Gasteiger partial charge >= 0.3 is 0 Å². The largest absolute Gasteiger partial charge is 0.383 e. The molecule has 0 amide bonds. The van der Waals surface area contributed by atoms with E-state index in [9.17, 15) is 0 Å². The minimum atomic E-state index is 0. The van der Waals surface area contributed by atoms with Crippen molar-refractivity contribution in [3.63, 3.8) is 0 Å². The van der Waals surface area contributed by atoms with Gasteiger partial charge in [0.05, 0.1) is 18.8 Å². The first-order valence-corrected chi connectivity index (χ1v) is 10.3. The SMILES string of the molecule is CN=C(NCCc1ccc(C(C)(C)C)cc1)NCc1c(C)nn(CCOC)c1C.I. The van der Waals surface area contributed by atoms with E-state index in [0.29, 0.717) is 13.2 Å². The van der Waals surface area contributed by atoms with Gasteiger partial charge in [0.15, 0.2) is 5.96 Å². The predicted octanol–water partition coefficient (Wildman–Crippen LogP) is 3.97. The number of methoxy groups -OCH3 is 1. The molecule has 168 valence electrons.